The van der Waals surface area contributed by atoms with Crippen LogP contribution in [0.5, 0.6) is 0 Å². The molecule has 0 fully saturated rings. The van der Waals surface area contributed by atoms with Crippen molar-refractivity contribution in [3.05, 3.63) is 59.5 Å². The van der Waals surface area contributed by atoms with E-state index in [4.69, 9.17) is 4.42 Å². The largest absolute Gasteiger partial charge is 0.463 e. The Morgan fingerprint density at radius 1 is 1.12 bits per heavy atom. The summed E-state index contributed by atoms with van der Waals surface area (Å²) < 4.78 is 5.42. The fourth-order valence-electron chi connectivity index (χ4n) is 2.55. The van der Waals surface area contributed by atoms with Gasteiger partial charge in [-0.3, -0.25) is 9.59 Å². The van der Waals surface area contributed by atoms with Crippen molar-refractivity contribution in [2.75, 3.05) is 0 Å². The summed E-state index contributed by atoms with van der Waals surface area (Å²) in [5, 5.41) is 14.8. The third-order valence-electron chi connectivity index (χ3n) is 3.83. The summed E-state index contributed by atoms with van der Waals surface area (Å²) in [6.07, 6.45) is 0.458. The van der Waals surface area contributed by atoms with Crippen LogP contribution in [0.25, 0.3) is 0 Å². The van der Waals surface area contributed by atoms with Gasteiger partial charge in [-0.25, -0.2) is 0 Å². The first-order chi connectivity index (χ1) is 12.4. The van der Waals surface area contributed by atoms with Gasteiger partial charge in [-0.15, -0.1) is 0 Å². The Labute approximate surface area is 153 Å². The first kappa shape index (κ1) is 19.3. The van der Waals surface area contributed by atoms with E-state index in [1.54, 1.807) is 43.3 Å². The van der Waals surface area contributed by atoms with E-state index in [1.807, 2.05) is 26.0 Å². The van der Waals surface area contributed by atoms with E-state index < -0.39 is 18.0 Å². The number of carbonyl (C=O) groups is 2. The van der Waals surface area contributed by atoms with Gasteiger partial charge in [0.05, 0.1) is 6.07 Å². The van der Waals surface area contributed by atoms with Gasteiger partial charge in [0.2, 0.25) is 5.91 Å². The molecule has 0 radical (unpaired) electrons. The van der Waals surface area contributed by atoms with E-state index in [0.717, 1.165) is 0 Å². The SMILES string of the molecule is Cc1ccc(C(C#N)NC(=O)[C@H](CC(C)C)NC(=O)c2ccccc2)o1. The van der Waals surface area contributed by atoms with Gasteiger partial charge in [0.1, 0.15) is 17.6 Å². The number of amides is 2. The highest BCUT2D eigenvalue weighted by molar-refractivity contribution is 5.97. The highest BCUT2D eigenvalue weighted by Gasteiger charge is 2.26. The number of rotatable bonds is 7. The molecule has 2 atom stereocenters. The topological polar surface area (TPSA) is 95.1 Å². The van der Waals surface area contributed by atoms with Crippen LogP contribution in [-0.4, -0.2) is 17.9 Å². The summed E-state index contributed by atoms with van der Waals surface area (Å²) in [5.41, 5.74) is 0.479. The van der Waals surface area contributed by atoms with Crippen LogP contribution in [0, 0.1) is 24.2 Å². The van der Waals surface area contributed by atoms with Crippen LogP contribution in [0.3, 0.4) is 0 Å². The predicted molar refractivity (Wildman–Crippen MR) is 97.1 cm³/mol. The number of nitriles is 1. The van der Waals surface area contributed by atoms with Crippen molar-refractivity contribution in [2.45, 2.75) is 39.3 Å². The van der Waals surface area contributed by atoms with E-state index in [0.29, 0.717) is 23.5 Å². The van der Waals surface area contributed by atoms with Gasteiger partial charge in [-0.2, -0.15) is 5.26 Å². The lowest BCUT2D eigenvalue weighted by Crippen LogP contribution is -2.48. The standard InChI is InChI=1S/C20H23N3O3/c1-13(2)11-16(22-19(24)15-7-5-4-6-8-15)20(25)23-17(12-21)18-10-9-14(3)26-18/h4-10,13,16-17H,11H2,1-3H3,(H,22,24)(H,23,25)/t16-,17?/m0/s1. The highest BCUT2D eigenvalue weighted by Crippen LogP contribution is 2.16. The Bertz CT molecular complexity index is 790. The summed E-state index contributed by atoms with van der Waals surface area (Å²) >= 11 is 0. The van der Waals surface area contributed by atoms with Crippen LogP contribution in [0.1, 0.15) is 48.2 Å². The van der Waals surface area contributed by atoms with Crippen molar-refractivity contribution in [3.63, 3.8) is 0 Å². The summed E-state index contributed by atoms with van der Waals surface area (Å²) in [4.78, 5) is 25.1. The Morgan fingerprint density at radius 2 is 1.81 bits per heavy atom. The number of nitrogens with zero attached hydrogens (tertiary/aromatic N) is 1. The maximum atomic E-state index is 12.7. The molecule has 0 aliphatic rings. The van der Waals surface area contributed by atoms with Gasteiger partial charge in [0.25, 0.3) is 5.91 Å². The lowest BCUT2D eigenvalue weighted by Gasteiger charge is -2.21. The summed E-state index contributed by atoms with van der Waals surface area (Å²) in [6.45, 7) is 5.70. The van der Waals surface area contributed by atoms with E-state index >= 15 is 0 Å². The molecule has 136 valence electrons. The Morgan fingerprint density at radius 3 is 2.35 bits per heavy atom. The Balaban J connectivity index is 2.11. The quantitative estimate of drug-likeness (QED) is 0.799. The zero-order chi connectivity index (χ0) is 19.1. The highest BCUT2D eigenvalue weighted by atomic mass is 16.3. The average Bonchev–Trinajstić information content (AvgIpc) is 3.05. The molecule has 1 heterocycles. The lowest BCUT2D eigenvalue weighted by atomic mass is 10.0. The molecular weight excluding hydrogens is 330 g/mol. The van der Waals surface area contributed by atoms with Gasteiger partial charge in [-0.05, 0) is 43.5 Å². The molecule has 0 aliphatic heterocycles. The van der Waals surface area contributed by atoms with Crippen molar-refractivity contribution in [3.8, 4) is 6.07 Å². The minimum absolute atomic E-state index is 0.188. The monoisotopic (exact) mass is 353 g/mol. The van der Waals surface area contributed by atoms with Gasteiger partial charge >= 0.3 is 0 Å². The average molecular weight is 353 g/mol. The molecule has 0 bridgehead atoms. The number of nitrogens with one attached hydrogen (secondary N) is 2. The van der Waals surface area contributed by atoms with E-state index in [9.17, 15) is 14.9 Å². The normalized spacial score (nSPS) is 12.9. The molecule has 1 unspecified atom stereocenters. The molecule has 2 N–H and O–H groups in total. The third-order valence-corrected chi connectivity index (χ3v) is 3.83. The second-order valence-electron chi connectivity index (χ2n) is 6.54. The molecule has 1 aromatic carbocycles. The number of benzene rings is 1. The molecule has 0 saturated heterocycles. The zero-order valence-corrected chi connectivity index (χ0v) is 15.2. The van der Waals surface area contributed by atoms with Gasteiger partial charge in [0, 0.05) is 5.56 Å². The number of hydrogen-bond donors (Lipinski definition) is 2. The van der Waals surface area contributed by atoms with Gasteiger partial charge in [0.15, 0.2) is 6.04 Å². The fraction of sp³-hybridized carbons (Fsp3) is 0.350. The minimum Gasteiger partial charge on any atom is -0.463 e. The third kappa shape index (κ3) is 5.21. The molecule has 2 amide bonds. The fourth-order valence-corrected chi connectivity index (χ4v) is 2.55. The van der Waals surface area contributed by atoms with Crippen LogP contribution in [-0.2, 0) is 4.79 Å². The summed E-state index contributed by atoms with van der Waals surface area (Å²) in [5.74, 6) is 0.479. The van der Waals surface area contributed by atoms with E-state index in [2.05, 4.69) is 10.6 Å². The summed E-state index contributed by atoms with van der Waals surface area (Å²) in [7, 11) is 0. The van der Waals surface area contributed by atoms with Crippen molar-refractivity contribution in [1.82, 2.24) is 10.6 Å². The smallest absolute Gasteiger partial charge is 0.251 e. The van der Waals surface area contributed by atoms with Crippen molar-refractivity contribution >= 4 is 11.8 Å². The molecule has 6 nitrogen and oxygen atoms in total. The molecule has 0 spiro atoms. The van der Waals surface area contributed by atoms with Crippen molar-refractivity contribution in [1.29, 1.82) is 5.26 Å². The first-order valence-corrected chi connectivity index (χ1v) is 8.53. The van der Waals surface area contributed by atoms with E-state index in [-0.39, 0.29) is 11.8 Å². The minimum atomic E-state index is -0.903. The lowest BCUT2D eigenvalue weighted by molar-refractivity contribution is -0.123. The molecule has 2 aromatic rings. The number of furan rings is 1. The van der Waals surface area contributed by atoms with Gasteiger partial charge < -0.3 is 15.1 Å². The van der Waals surface area contributed by atoms with Gasteiger partial charge in [-0.1, -0.05) is 32.0 Å². The molecule has 6 heteroatoms. The van der Waals surface area contributed by atoms with Crippen LogP contribution < -0.4 is 10.6 Å². The van der Waals surface area contributed by atoms with Crippen LogP contribution >= 0.6 is 0 Å². The number of hydrogen-bond acceptors (Lipinski definition) is 4. The molecular formula is C20H23N3O3. The Kier molecular flexibility index (Phi) is 6.56. The number of carbonyl (C=O) groups excluding carboxylic acids is 2. The predicted octanol–water partition coefficient (Wildman–Crippen LogP) is 3.11. The summed E-state index contributed by atoms with van der Waals surface area (Å²) in [6, 6.07) is 12.5. The molecule has 0 saturated carbocycles. The Hall–Kier alpha value is -3.07. The second kappa shape index (κ2) is 8.86. The van der Waals surface area contributed by atoms with Crippen LogP contribution in [0.4, 0.5) is 0 Å². The first-order valence-electron chi connectivity index (χ1n) is 8.53. The maximum Gasteiger partial charge on any atom is 0.251 e. The van der Waals surface area contributed by atoms with Crippen LogP contribution in [0.15, 0.2) is 46.9 Å². The second-order valence-corrected chi connectivity index (χ2v) is 6.54. The molecule has 2 rings (SSSR count). The van der Waals surface area contributed by atoms with Crippen molar-refractivity contribution in [2.24, 2.45) is 5.92 Å². The van der Waals surface area contributed by atoms with Crippen LogP contribution in [0.2, 0.25) is 0 Å². The molecule has 1 aromatic heterocycles. The van der Waals surface area contributed by atoms with Crippen molar-refractivity contribution < 1.29 is 14.0 Å². The zero-order valence-electron chi connectivity index (χ0n) is 15.2. The van der Waals surface area contributed by atoms with E-state index in [1.165, 1.54) is 0 Å². The maximum absolute atomic E-state index is 12.7. The molecule has 0 aliphatic carbocycles. The molecule has 26 heavy (non-hydrogen) atoms. The number of aryl methyl sites for hydroxylation is 1.